The zero-order valence-electron chi connectivity index (χ0n) is 14.4. The summed E-state index contributed by atoms with van der Waals surface area (Å²) < 4.78 is 11.3. The van der Waals surface area contributed by atoms with Gasteiger partial charge in [-0.05, 0) is 23.3 Å². The monoisotopic (exact) mass is 346 g/mol. The first-order chi connectivity index (χ1) is 12.7. The molecule has 1 atom stereocenters. The number of carbonyl (C=O) groups excluding carboxylic acids is 1. The van der Waals surface area contributed by atoms with Gasteiger partial charge in [-0.25, -0.2) is 0 Å². The summed E-state index contributed by atoms with van der Waals surface area (Å²) in [6.07, 6.45) is 1.82. The van der Waals surface area contributed by atoms with Crippen molar-refractivity contribution in [1.29, 1.82) is 5.26 Å². The SMILES string of the molecule is COc1ccc2ccccc2c1C1C(C#N)=C(N)OC2=C1C(=O)CCC2. The minimum absolute atomic E-state index is 0.00601. The lowest BCUT2D eigenvalue weighted by atomic mass is 9.76. The average molecular weight is 346 g/mol. The van der Waals surface area contributed by atoms with Gasteiger partial charge in [0.1, 0.15) is 23.2 Å². The van der Waals surface area contributed by atoms with Gasteiger partial charge in [-0.2, -0.15) is 5.26 Å². The highest BCUT2D eigenvalue weighted by Crippen LogP contribution is 2.48. The van der Waals surface area contributed by atoms with E-state index in [2.05, 4.69) is 6.07 Å². The number of nitriles is 1. The summed E-state index contributed by atoms with van der Waals surface area (Å²) in [5, 5.41) is 11.7. The van der Waals surface area contributed by atoms with Crippen molar-refractivity contribution in [2.45, 2.75) is 25.2 Å². The molecule has 0 amide bonds. The molecule has 4 rings (SSSR count). The molecule has 1 heterocycles. The second-order valence-electron chi connectivity index (χ2n) is 6.44. The Kier molecular flexibility index (Phi) is 3.89. The molecule has 5 nitrogen and oxygen atoms in total. The fourth-order valence-electron chi connectivity index (χ4n) is 3.90. The van der Waals surface area contributed by atoms with Crippen molar-refractivity contribution < 1.29 is 14.3 Å². The number of hydrogen-bond donors (Lipinski definition) is 1. The van der Waals surface area contributed by atoms with Crippen molar-refractivity contribution in [3.8, 4) is 11.8 Å². The number of methoxy groups -OCH3 is 1. The van der Waals surface area contributed by atoms with Crippen LogP contribution in [0.25, 0.3) is 10.8 Å². The molecular weight excluding hydrogens is 328 g/mol. The van der Waals surface area contributed by atoms with Gasteiger partial charge in [0.25, 0.3) is 0 Å². The first-order valence-electron chi connectivity index (χ1n) is 8.55. The summed E-state index contributed by atoms with van der Waals surface area (Å²) >= 11 is 0. The van der Waals surface area contributed by atoms with Crippen molar-refractivity contribution in [1.82, 2.24) is 0 Å². The summed E-state index contributed by atoms with van der Waals surface area (Å²) in [6, 6.07) is 13.8. The maximum atomic E-state index is 12.8. The number of ether oxygens (including phenoxy) is 2. The van der Waals surface area contributed by atoms with Crippen LogP contribution in [0.1, 0.15) is 30.7 Å². The van der Waals surface area contributed by atoms with E-state index in [1.807, 2.05) is 36.4 Å². The number of rotatable bonds is 2. The van der Waals surface area contributed by atoms with Gasteiger partial charge >= 0.3 is 0 Å². The molecule has 2 aliphatic rings. The number of ketones is 1. The van der Waals surface area contributed by atoms with Gasteiger partial charge in [0.2, 0.25) is 5.88 Å². The minimum Gasteiger partial charge on any atom is -0.496 e. The molecule has 0 spiro atoms. The van der Waals surface area contributed by atoms with Crippen LogP contribution in [-0.4, -0.2) is 12.9 Å². The van der Waals surface area contributed by atoms with Crippen molar-refractivity contribution in [2.24, 2.45) is 5.73 Å². The largest absolute Gasteiger partial charge is 0.496 e. The molecule has 130 valence electrons. The average Bonchev–Trinajstić information content (AvgIpc) is 2.66. The molecule has 0 bridgehead atoms. The Bertz CT molecular complexity index is 1030. The highest BCUT2D eigenvalue weighted by atomic mass is 16.5. The van der Waals surface area contributed by atoms with Gasteiger partial charge in [-0.3, -0.25) is 4.79 Å². The van der Waals surface area contributed by atoms with Crippen molar-refractivity contribution in [3.63, 3.8) is 0 Å². The maximum Gasteiger partial charge on any atom is 0.205 e. The van der Waals surface area contributed by atoms with E-state index in [0.29, 0.717) is 29.9 Å². The second-order valence-corrected chi connectivity index (χ2v) is 6.44. The van der Waals surface area contributed by atoms with E-state index in [1.54, 1.807) is 7.11 Å². The molecule has 0 saturated carbocycles. The molecule has 1 aliphatic heterocycles. The number of nitrogens with two attached hydrogens (primary N) is 1. The third-order valence-electron chi connectivity index (χ3n) is 5.04. The number of fused-ring (bicyclic) bond motifs is 1. The lowest BCUT2D eigenvalue weighted by Crippen LogP contribution is -2.27. The molecule has 0 saturated heterocycles. The normalized spacial score (nSPS) is 19.8. The smallest absolute Gasteiger partial charge is 0.205 e. The van der Waals surface area contributed by atoms with Crippen LogP contribution in [0.15, 0.2) is 59.2 Å². The molecule has 0 aromatic heterocycles. The predicted octanol–water partition coefficient (Wildman–Crippen LogP) is 3.66. The zero-order chi connectivity index (χ0) is 18.3. The van der Waals surface area contributed by atoms with Gasteiger partial charge in [0.15, 0.2) is 5.78 Å². The van der Waals surface area contributed by atoms with Gasteiger partial charge in [-0.15, -0.1) is 0 Å². The Hall–Kier alpha value is -3.26. The predicted molar refractivity (Wildman–Crippen MR) is 97.0 cm³/mol. The van der Waals surface area contributed by atoms with Crippen LogP contribution in [-0.2, 0) is 9.53 Å². The summed E-state index contributed by atoms with van der Waals surface area (Å²) in [5.74, 6) is 0.712. The summed E-state index contributed by atoms with van der Waals surface area (Å²) in [5.41, 5.74) is 7.64. The Balaban J connectivity index is 2.07. The molecule has 1 aliphatic carbocycles. The van der Waals surface area contributed by atoms with Crippen molar-refractivity contribution in [3.05, 3.63) is 64.8 Å². The molecular formula is C21H18N2O3. The first-order valence-corrected chi connectivity index (χ1v) is 8.55. The van der Waals surface area contributed by atoms with E-state index in [1.165, 1.54) is 0 Å². The van der Waals surface area contributed by atoms with E-state index in [9.17, 15) is 10.1 Å². The lowest BCUT2D eigenvalue weighted by Gasteiger charge is -2.32. The Morgan fingerprint density at radius 3 is 2.81 bits per heavy atom. The van der Waals surface area contributed by atoms with E-state index in [4.69, 9.17) is 15.2 Å². The number of allylic oxidation sites excluding steroid dienone is 3. The first kappa shape index (κ1) is 16.2. The van der Waals surface area contributed by atoms with Gasteiger partial charge in [-0.1, -0.05) is 30.3 Å². The Morgan fingerprint density at radius 1 is 1.23 bits per heavy atom. The Labute approximate surface area is 151 Å². The lowest BCUT2D eigenvalue weighted by molar-refractivity contribution is -0.116. The van der Waals surface area contributed by atoms with Crippen LogP contribution in [0.4, 0.5) is 0 Å². The fourth-order valence-corrected chi connectivity index (χ4v) is 3.90. The van der Waals surface area contributed by atoms with Crippen LogP contribution >= 0.6 is 0 Å². The highest BCUT2D eigenvalue weighted by molar-refractivity contribution is 6.01. The number of benzene rings is 2. The Morgan fingerprint density at radius 2 is 2.04 bits per heavy atom. The maximum absolute atomic E-state index is 12.8. The van der Waals surface area contributed by atoms with Crippen LogP contribution in [0, 0.1) is 11.3 Å². The topological polar surface area (TPSA) is 85.3 Å². The van der Waals surface area contributed by atoms with E-state index in [0.717, 1.165) is 22.8 Å². The number of carbonyl (C=O) groups is 1. The van der Waals surface area contributed by atoms with Crippen molar-refractivity contribution in [2.75, 3.05) is 7.11 Å². The highest BCUT2D eigenvalue weighted by Gasteiger charge is 2.40. The summed E-state index contributed by atoms with van der Waals surface area (Å²) in [6.45, 7) is 0. The summed E-state index contributed by atoms with van der Waals surface area (Å²) in [4.78, 5) is 12.8. The van der Waals surface area contributed by atoms with Crippen molar-refractivity contribution >= 4 is 16.6 Å². The van der Waals surface area contributed by atoms with Gasteiger partial charge < -0.3 is 15.2 Å². The minimum atomic E-state index is -0.572. The third kappa shape index (κ3) is 2.34. The van der Waals surface area contributed by atoms with Crippen LogP contribution in [0.5, 0.6) is 5.75 Å². The molecule has 2 N–H and O–H groups in total. The zero-order valence-corrected chi connectivity index (χ0v) is 14.4. The quantitative estimate of drug-likeness (QED) is 0.897. The summed E-state index contributed by atoms with van der Waals surface area (Å²) in [7, 11) is 1.59. The van der Waals surface area contributed by atoms with E-state index in [-0.39, 0.29) is 17.2 Å². The molecule has 2 aromatic rings. The van der Waals surface area contributed by atoms with Gasteiger partial charge in [0.05, 0.1) is 13.0 Å². The fraction of sp³-hybridized carbons (Fsp3) is 0.238. The van der Waals surface area contributed by atoms with Crippen LogP contribution in [0.2, 0.25) is 0 Å². The molecule has 0 radical (unpaired) electrons. The molecule has 1 unspecified atom stereocenters. The van der Waals surface area contributed by atoms with Crippen LogP contribution < -0.4 is 10.5 Å². The molecule has 2 aromatic carbocycles. The number of hydrogen-bond acceptors (Lipinski definition) is 5. The second kappa shape index (κ2) is 6.23. The standard InChI is InChI=1S/C21H18N2O3/c1-25-16-10-9-12-5-2-3-6-13(12)18(16)19-14(11-22)21(23)26-17-8-4-7-15(24)20(17)19/h2-3,5-6,9-10,19H,4,7-8,23H2,1H3. The molecule has 0 fully saturated rings. The molecule has 5 heteroatoms. The van der Waals surface area contributed by atoms with Crippen LogP contribution in [0.3, 0.4) is 0 Å². The molecule has 26 heavy (non-hydrogen) atoms. The van der Waals surface area contributed by atoms with Gasteiger partial charge in [0, 0.05) is 24.0 Å². The van der Waals surface area contributed by atoms with E-state index >= 15 is 0 Å². The van der Waals surface area contributed by atoms with E-state index < -0.39 is 5.92 Å². The third-order valence-corrected chi connectivity index (χ3v) is 5.04. The number of nitrogens with zero attached hydrogens (tertiary/aromatic N) is 1. The number of Topliss-reactive ketones (excluding diaryl/α,β-unsaturated/α-hetero) is 1.